The van der Waals surface area contributed by atoms with Crippen LogP contribution in [-0.2, 0) is 4.74 Å². The number of carbonyl (C=O) groups is 1. The molecular formula is C13H13N3O3. The molecule has 0 aliphatic carbocycles. The van der Waals surface area contributed by atoms with Crippen LogP contribution in [0.5, 0.6) is 0 Å². The Bertz CT molecular complexity index is 587. The molecule has 0 radical (unpaired) electrons. The topological polar surface area (TPSA) is 77.2 Å². The third-order valence-electron chi connectivity index (χ3n) is 3.13. The lowest BCUT2D eigenvalue weighted by Gasteiger charge is -2.23. The summed E-state index contributed by atoms with van der Waals surface area (Å²) in [7, 11) is 1.35. The van der Waals surface area contributed by atoms with E-state index in [9.17, 15) is 4.79 Å². The van der Waals surface area contributed by atoms with Gasteiger partial charge in [0.2, 0.25) is 11.7 Å². The third-order valence-corrected chi connectivity index (χ3v) is 3.13. The van der Waals surface area contributed by atoms with Crippen molar-refractivity contribution in [1.29, 1.82) is 0 Å². The Hall–Kier alpha value is -2.21. The minimum absolute atomic E-state index is 0.176. The number of benzene rings is 1. The van der Waals surface area contributed by atoms with Gasteiger partial charge in [-0.3, -0.25) is 0 Å². The second-order valence-electron chi connectivity index (χ2n) is 4.32. The summed E-state index contributed by atoms with van der Waals surface area (Å²) in [5.41, 5.74) is 1.30. The van der Waals surface area contributed by atoms with Crippen LogP contribution in [0, 0.1) is 0 Å². The fourth-order valence-electron chi connectivity index (χ4n) is 1.87. The number of aromatic nitrogens is 2. The first kappa shape index (κ1) is 11.9. The van der Waals surface area contributed by atoms with Crippen molar-refractivity contribution >= 4 is 5.97 Å². The maximum Gasteiger partial charge on any atom is 0.337 e. The van der Waals surface area contributed by atoms with E-state index < -0.39 is 0 Å². The molecule has 0 unspecified atom stereocenters. The lowest BCUT2D eigenvalue weighted by Crippen LogP contribution is -2.35. The second kappa shape index (κ2) is 4.81. The molecule has 1 aliphatic heterocycles. The van der Waals surface area contributed by atoms with Gasteiger partial charge < -0.3 is 14.6 Å². The van der Waals surface area contributed by atoms with Crippen molar-refractivity contribution in [2.24, 2.45) is 0 Å². The van der Waals surface area contributed by atoms with E-state index in [-0.39, 0.29) is 12.0 Å². The van der Waals surface area contributed by atoms with Gasteiger partial charge in [-0.1, -0.05) is 17.3 Å². The Morgan fingerprint density at radius 3 is 2.74 bits per heavy atom. The largest absolute Gasteiger partial charge is 0.465 e. The lowest BCUT2D eigenvalue weighted by molar-refractivity contribution is 0.0601. The smallest absolute Gasteiger partial charge is 0.337 e. The van der Waals surface area contributed by atoms with Crippen LogP contribution in [0.15, 0.2) is 28.8 Å². The Balaban J connectivity index is 1.81. The molecule has 1 N–H and O–H groups in total. The number of nitrogens with zero attached hydrogens (tertiary/aromatic N) is 2. The van der Waals surface area contributed by atoms with Crippen LogP contribution < -0.4 is 5.32 Å². The Morgan fingerprint density at radius 1 is 1.42 bits per heavy atom. The van der Waals surface area contributed by atoms with Gasteiger partial charge >= 0.3 is 5.97 Å². The summed E-state index contributed by atoms with van der Waals surface area (Å²) in [5, 5.41) is 7.14. The fourth-order valence-corrected chi connectivity index (χ4v) is 1.87. The average Bonchev–Trinajstić information content (AvgIpc) is 2.85. The van der Waals surface area contributed by atoms with Gasteiger partial charge in [0.1, 0.15) is 0 Å². The van der Waals surface area contributed by atoms with E-state index in [0.717, 1.165) is 18.5 Å². The summed E-state index contributed by atoms with van der Waals surface area (Å²) in [6.07, 6.45) is 1.02. The molecule has 1 saturated heterocycles. The molecule has 0 saturated carbocycles. The Labute approximate surface area is 109 Å². The maximum atomic E-state index is 11.3. The van der Waals surface area contributed by atoms with Crippen molar-refractivity contribution in [2.45, 2.75) is 12.5 Å². The summed E-state index contributed by atoms with van der Waals surface area (Å²) in [4.78, 5) is 15.7. The number of nitrogens with one attached hydrogen (secondary N) is 1. The zero-order chi connectivity index (χ0) is 13.2. The van der Waals surface area contributed by atoms with E-state index in [0.29, 0.717) is 17.3 Å². The maximum absolute atomic E-state index is 11.3. The van der Waals surface area contributed by atoms with Crippen LogP contribution in [0.3, 0.4) is 0 Å². The second-order valence-corrected chi connectivity index (χ2v) is 4.32. The number of methoxy groups -OCH3 is 1. The molecule has 1 aromatic carbocycles. The lowest BCUT2D eigenvalue weighted by atomic mass is 10.1. The quantitative estimate of drug-likeness (QED) is 0.843. The van der Waals surface area contributed by atoms with Crippen molar-refractivity contribution in [3.05, 3.63) is 35.7 Å². The number of esters is 1. The first-order chi connectivity index (χ1) is 9.28. The number of hydrogen-bond donors (Lipinski definition) is 1. The van der Waals surface area contributed by atoms with Crippen LogP contribution in [0.25, 0.3) is 11.4 Å². The van der Waals surface area contributed by atoms with E-state index in [2.05, 4.69) is 20.2 Å². The standard InChI is InChI=1S/C13H13N3O3/c1-18-13(17)9-4-2-8(3-5-9)11-15-12(19-16-11)10-6-7-14-10/h2-5,10,14H,6-7H2,1H3/t10-/m1/s1. The monoisotopic (exact) mass is 259 g/mol. The predicted octanol–water partition coefficient (Wildman–Crippen LogP) is 1.56. The SMILES string of the molecule is COC(=O)c1ccc(-c2noc([C@H]3CCN3)n2)cc1. The van der Waals surface area contributed by atoms with Crippen molar-refractivity contribution < 1.29 is 14.1 Å². The molecule has 2 aromatic rings. The van der Waals surface area contributed by atoms with Crippen molar-refractivity contribution in [1.82, 2.24) is 15.5 Å². The van der Waals surface area contributed by atoms with Crippen LogP contribution in [0.4, 0.5) is 0 Å². The normalized spacial score (nSPS) is 17.8. The zero-order valence-corrected chi connectivity index (χ0v) is 10.4. The van der Waals surface area contributed by atoms with E-state index in [1.165, 1.54) is 7.11 Å². The molecule has 98 valence electrons. The molecule has 2 heterocycles. The highest BCUT2D eigenvalue weighted by molar-refractivity contribution is 5.89. The number of rotatable bonds is 3. The van der Waals surface area contributed by atoms with E-state index in [1.807, 2.05) is 0 Å². The molecule has 0 bridgehead atoms. The first-order valence-corrected chi connectivity index (χ1v) is 6.03. The number of carbonyl (C=O) groups excluding carboxylic acids is 1. The van der Waals surface area contributed by atoms with Crippen LogP contribution in [0.1, 0.15) is 28.7 Å². The summed E-state index contributed by atoms with van der Waals surface area (Å²) in [6, 6.07) is 7.08. The van der Waals surface area contributed by atoms with Crippen LogP contribution in [-0.4, -0.2) is 29.8 Å². The first-order valence-electron chi connectivity index (χ1n) is 6.03. The van der Waals surface area contributed by atoms with Gasteiger partial charge in [0, 0.05) is 5.56 Å². The van der Waals surface area contributed by atoms with Crippen LogP contribution >= 0.6 is 0 Å². The Morgan fingerprint density at radius 2 is 2.16 bits per heavy atom. The van der Waals surface area contributed by atoms with Gasteiger partial charge in [-0.15, -0.1) is 0 Å². The van der Waals surface area contributed by atoms with Crippen LogP contribution in [0.2, 0.25) is 0 Å². The molecule has 1 aromatic heterocycles. The summed E-state index contributed by atoms with van der Waals surface area (Å²) >= 11 is 0. The third kappa shape index (κ3) is 2.22. The zero-order valence-electron chi connectivity index (χ0n) is 10.4. The summed E-state index contributed by atoms with van der Waals surface area (Å²) in [5.74, 6) is 0.775. The van der Waals surface area contributed by atoms with Gasteiger partial charge in [-0.2, -0.15) is 4.98 Å². The van der Waals surface area contributed by atoms with E-state index >= 15 is 0 Å². The Kier molecular flexibility index (Phi) is 3.00. The molecular weight excluding hydrogens is 246 g/mol. The molecule has 19 heavy (non-hydrogen) atoms. The van der Waals surface area contributed by atoms with Gasteiger partial charge in [-0.05, 0) is 25.1 Å². The minimum atomic E-state index is -0.362. The molecule has 6 heteroatoms. The summed E-state index contributed by atoms with van der Waals surface area (Å²) in [6.45, 7) is 0.982. The minimum Gasteiger partial charge on any atom is -0.465 e. The van der Waals surface area contributed by atoms with E-state index in [1.54, 1.807) is 24.3 Å². The van der Waals surface area contributed by atoms with Crippen molar-refractivity contribution in [2.75, 3.05) is 13.7 Å². The van der Waals surface area contributed by atoms with Gasteiger partial charge in [0.15, 0.2) is 0 Å². The van der Waals surface area contributed by atoms with Gasteiger partial charge in [0.25, 0.3) is 0 Å². The molecule has 0 amide bonds. The molecule has 1 fully saturated rings. The molecule has 6 nitrogen and oxygen atoms in total. The van der Waals surface area contributed by atoms with Crippen molar-refractivity contribution in [3.8, 4) is 11.4 Å². The molecule has 1 atom stereocenters. The highest BCUT2D eigenvalue weighted by atomic mass is 16.5. The number of hydrogen-bond acceptors (Lipinski definition) is 6. The predicted molar refractivity (Wildman–Crippen MR) is 66.4 cm³/mol. The fraction of sp³-hybridized carbons (Fsp3) is 0.308. The van der Waals surface area contributed by atoms with Gasteiger partial charge in [0.05, 0.1) is 18.7 Å². The molecule has 0 spiro atoms. The highest BCUT2D eigenvalue weighted by Crippen LogP contribution is 2.24. The number of ether oxygens (including phenoxy) is 1. The highest BCUT2D eigenvalue weighted by Gasteiger charge is 2.24. The molecule has 3 rings (SSSR count). The van der Waals surface area contributed by atoms with Crippen molar-refractivity contribution in [3.63, 3.8) is 0 Å². The van der Waals surface area contributed by atoms with Gasteiger partial charge in [-0.25, -0.2) is 4.79 Å². The van der Waals surface area contributed by atoms with E-state index in [4.69, 9.17) is 4.52 Å². The summed E-state index contributed by atoms with van der Waals surface area (Å²) < 4.78 is 9.85. The molecule has 1 aliphatic rings. The average molecular weight is 259 g/mol.